The van der Waals surface area contributed by atoms with E-state index in [0.717, 1.165) is 42.6 Å². The molecule has 0 aliphatic heterocycles. The van der Waals surface area contributed by atoms with Crippen LogP contribution in [0.25, 0.3) is 0 Å². The molecule has 6 heteroatoms. The Bertz CT molecular complexity index is 1170. The van der Waals surface area contributed by atoms with E-state index in [1.54, 1.807) is 13.3 Å². The minimum absolute atomic E-state index is 0.0738. The molecule has 1 amide bonds. The van der Waals surface area contributed by atoms with Crippen LogP contribution in [0.2, 0.25) is 0 Å². The largest absolute Gasteiger partial charge is 0.496 e. The SMILES string of the molecule is COc1ccc(C2CCC(CNC(=O)C3(c4ccccc4)CCC(O)CC3c3cn[nH]c3)CC2)cc1C. The van der Waals surface area contributed by atoms with Crippen molar-refractivity contribution in [1.82, 2.24) is 15.5 Å². The molecular formula is C31H39N3O3. The number of amides is 1. The predicted molar refractivity (Wildman–Crippen MR) is 145 cm³/mol. The second kappa shape index (κ2) is 11.1. The number of ether oxygens (including phenoxy) is 1. The van der Waals surface area contributed by atoms with Crippen LogP contribution in [-0.4, -0.2) is 41.0 Å². The third kappa shape index (κ3) is 5.17. The summed E-state index contributed by atoms with van der Waals surface area (Å²) in [4.78, 5) is 14.1. The maximum absolute atomic E-state index is 14.1. The van der Waals surface area contributed by atoms with Crippen LogP contribution in [0, 0.1) is 12.8 Å². The Kier molecular flexibility index (Phi) is 7.65. The summed E-state index contributed by atoms with van der Waals surface area (Å²) >= 11 is 0. The van der Waals surface area contributed by atoms with Crippen molar-refractivity contribution in [2.24, 2.45) is 5.92 Å². The third-order valence-electron chi connectivity index (χ3n) is 8.88. The molecule has 3 N–H and O–H groups in total. The lowest BCUT2D eigenvalue weighted by Gasteiger charge is -2.45. The summed E-state index contributed by atoms with van der Waals surface area (Å²) in [6.07, 6.45) is 9.53. The highest BCUT2D eigenvalue weighted by atomic mass is 16.5. The number of carbonyl (C=O) groups excluding carboxylic acids is 1. The van der Waals surface area contributed by atoms with Gasteiger partial charge in [0.1, 0.15) is 5.75 Å². The van der Waals surface area contributed by atoms with E-state index in [4.69, 9.17) is 4.74 Å². The van der Waals surface area contributed by atoms with Crippen molar-refractivity contribution in [3.63, 3.8) is 0 Å². The van der Waals surface area contributed by atoms with Gasteiger partial charge in [0.05, 0.1) is 24.8 Å². The van der Waals surface area contributed by atoms with E-state index in [-0.39, 0.29) is 11.8 Å². The number of hydrogen-bond acceptors (Lipinski definition) is 4. The van der Waals surface area contributed by atoms with Gasteiger partial charge in [0.2, 0.25) is 5.91 Å². The number of aromatic amines is 1. The van der Waals surface area contributed by atoms with E-state index in [9.17, 15) is 9.90 Å². The molecular weight excluding hydrogens is 462 g/mol. The Labute approximate surface area is 219 Å². The van der Waals surface area contributed by atoms with Crippen LogP contribution >= 0.6 is 0 Å². The summed E-state index contributed by atoms with van der Waals surface area (Å²) in [5.74, 6) is 1.93. The fourth-order valence-electron chi connectivity index (χ4n) is 6.77. The van der Waals surface area contributed by atoms with Crippen molar-refractivity contribution < 1.29 is 14.6 Å². The Morgan fingerprint density at radius 3 is 2.57 bits per heavy atom. The summed E-state index contributed by atoms with van der Waals surface area (Å²) in [5, 5.41) is 21.0. The van der Waals surface area contributed by atoms with Crippen LogP contribution in [0.15, 0.2) is 60.9 Å². The standard InChI is InChI=1S/C31H39N3O3/c1-21-16-24(12-13-29(21)37-2)23-10-8-22(9-11-23)18-32-30(36)31(26-6-4-3-5-7-26)15-14-27(35)17-28(31)25-19-33-34-20-25/h3-7,12-13,16,19-20,22-23,27-28,35H,8-11,14-15,17-18H2,1-2H3,(H,32,36)(H,33,34). The molecule has 2 aliphatic rings. The van der Waals surface area contributed by atoms with E-state index >= 15 is 0 Å². The lowest BCUT2D eigenvalue weighted by molar-refractivity contribution is -0.130. The summed E-state index contributed by atoms with van der Waals surface area (Å²) < 4.78 is 5.43. The highest BCUT2D eigenvalue weighted by molar-refractivity contribution is 5.89. The Balaban J connectivity index is 1.29. The monoisotopic (exact) mass is 501 g/mol. The lowest BCUT2D eigenvalue weighted by Crippen LogP contribution is -2.52. The average molecular weight is 502 g/mol. The van der Waals surface area contributed by atoms with Crippen molar-refractivity contribution in [2.75, 3.05) is 13.7 Å². The Morgan fingerprint density at radius 1 is 1.11 bits per heavy atom. The first-order valence-electron chi connectivity index (χ1n) is 13.7. The molecule has 0 spiro atoms. The molecule has 3 unspecified atom stereocenters. The van der Waals surface area contributed by atoms with Gasteiger partial charge in [-0.25, -0.2) is 0 Å². The summed E-state index contributed by atoms with van der Waals surface area (Å²) in [6.45, 7) is 2.80. The molecule has 3 atom stereocenters. The fourth-order valence-corrected chi connectivity index (χ4v) is 6.77. The van der Waals surface area contributed by atoms with Crippen molar-refractivity contribution in [3.8, 4) is 5.75 Å². The maximum Gasteiger partial charge on any atom is 0.231 e. The number of H-pyrrole nitrogens is 1. The van der Waals surface area contributed by atoms with E-state index in [1.807, 2.05) is 24.4 Å². The van der Waals surface area contributed by atoms with E-state index < -0.39 is 11.5 Å². The lowest BCUT2D eigenvalue weighted by atomic mass is 9.59. The molecule has 2 fully saturated rings. The summed E-state index contributed by atoms with van der Waals surface area (Å²) in [5.41, 5.74) is 3.86. The minimum atomic E-state index is -0.720. The first kappa shape index (κ1) is 25.5. The number of nitrogens with one attached hydrogen (secondary N) is 2. The number of carbonyl (C=O) groups is 1. The van der Waals surface area contributed by atoms with Crippen LogP contribution in [-0.2, 0) is 10.2 Å². The van der Waals surface area contributed by atoms with Crippen molar-refractivity contribution in [2.45, 2.75) is 75.2 Å². The van der Waals surface area contributed by atoms with E-state index in [2.05, 4.69) is 52.8 Å². The van der Waals surface area contributed by atoms with Gasteiger partial charge in [-0.3, -0.25) is 9.89 Å². The fraction of sp³-hybridized carbons (Fsp3) is 0.484. The highest BCUT2D eigenvalue weighted by Gasteiger charge is 2.51. The molecule has 37 heavy (non-hydrogen) atoms. The quantitative estimate of drug-likeness (QED) is 0.405. The van der Waals surface area contributed by atoms with Gasteiger partial charge in [0.15, 0.2) is 0 Å². The third-order valence-corrected chi connectivity index (χ3v) is 8.88. The van der Waals surface area contributed by atoms with Crippen LogP contribution in [0.3, 0.4) is 0 Å². The van der Waals surface area contributed by atoms with Crippen molar-refractivity contribution >= 4 is 5.91 Å². The van der Waals surface area contributed by atoms with Gasteiger partial charge in [-0.2, -0.15) is 5.10 Å². The number of rotatable bonds is 7. The van der Waals surface area contributed by atoms with Gasteiger partial charge in [0, 0.05) is 18.7 Å². The summed E-state index contributed by atoms with van der Waals surface area (Å²) in [7, 11) is 1.72. The van der Waals surface area contributed by atoms with Gasteiger partial charge in [-0.15, -0.1) is 0 Å². The zero-order valence-corrected chi connectivity index (χ0v) is 22.0. The predicted octanol–water partition coefficient (Wildman–Crippen LogP) is 5.38. The van der Waals surface area contributed by atoms with Crippen LogP contribution < -0.4 is 10.1 Å². The van der Waals surface area contributed by atoms with E-state index in [1.165, 1.54) is 11.1 Å². The summed E-state index contributed by atoms with van der Waals surface area (Å²) in [6, 6.07) is 16.7. The maximum atomic E-state index is 14.1. The second-order valence-corrected chi connectivity index (χ2v) is 11.0. The Hall–Kier alpha value is -3.12. The topological polar surface area (TPSA) is 87.2 Å². The normalized spacial score (nSPS) is 28.0. The number of aromatic nitrogens is 2. The highest BCUT2D eigenvalue weighted by Crippen LogP contribution is 2.49. The number of aliphatic hydroxyl groups is 1. The molecule has 2 aromatic carbocycles. The smallest absolute Gasteiger partial charge is 0.231 e. The molecule has 5 rings (SSSR count). The zero-order chi connectivity index (χ0) is 25.8. The molecule has 6 nitrogen and oxygen atoms in total. The molecule has 2 saturated carbocycles. The molecule has 0 radical (unpaired) electrons. The van der Waals surface area contributed by atoms with Gasteiger partial charge < -0.3 is 15.2 Å². The molecule has 2 aliphatic carbocycles. The first-order valence-corrected chi connectivity index (χ1v) is 13.7. The van der Waals surface area contributed by atoms with Gasteiger partial charge in [-0.05, 0) is 92.0 Å². The Morgan fingerprint density at radius 2 is 1.89 bits per heavy atom. The molecule has 196 valence electrons. The number of hydrogen-bond donors (Lipinski definition) is 3. The van der Waals surface area contributed by atoms with Gasteiger partial charge in [-0.1, -0.05) is 42.5 Å². The minimum Gasteiger partial charge on any atom is -0.496 e. The second-order valence-electron chi connectivity index (χ2n) is 11.0. The molecule has 1 heterocycles. The molecule has 3 aromatic rings. The number of aliphatic hydroxyl groups excluding tert-OH is 1. The van der Waals surface area contributed by atoms with Crippen LogP contribution in [0.4, 0.5) is 0 Å². The number of aryl methyl sites for hydroxylation is 1. The van der Waals surface area contributed by atoms with Crippen molar-refractivity contribution in [3.05, 3.63) is 83.2 Å². The number of methoxy groups -OCH3 is 1. The van der Waals surface area contributed by atoms with Crippen LogP contribution in [0.1, 0.15) is 79.0 Å². The van der Waals surface area contributed by atoms with Crippen molar-refractivity contribution in [1.29, 1.82) is 0 Å². The molecule has 0 saturated heterocycles. The number of nitrogens with zero attached hydrogens (tertiary/aromatic N) is 1. The van der Waals surface area contributed by atoms with E-state index in [0.29, 0.717) is 37.6 Å². The molecule has 1 aromatic heterocycles. The molecule has 0 bridgehead atoms. The van der Waals surface area contributed by atoms with Crippen LogP contribution in [0.5, 0.6) is 5.75 Å². The zero-order valence-electron chi connectivity index (χ0n) is 22.0. The number of benzene rings is 2. The van der Waals surface area contributed by atoms with Gasteiger partial charge in [0.25, 0.3) is 0 Å². The first-order chi connectivity index (χ1) is 18.0. The average Bonchev–Trinajstić information content (AvgIpc) is 3.47. The van der Waals surface area contributed by atoms with Gasteiger partial charge >= 0.3 is 0 Å².